The molecule has 0 bridgehead atoms. The van der Waals surface area contributed by atoms with E-state index in [1.807, 2.05) is 30.7 Å². The summed E-state index contributed by atoms with van der Waals surface area (Å²) in [4.78, 5) is 17.7. The maximum Gasteiger partial charge on any atom is 0.159 e. The Morgan fingerprint density at radius 3 is 1.96 bits per heavy atom. The molecule has 2 aliphatic carbocycles. The van der Waals surface area contributed by atoms with Crippen LogP contribution in [0.1, 0.15) is 22.3 Å². The van der Waals surface area contributed by atoms with E-state index in [0.717, 1.165) is 118 Å². The minimum absolute atomic E-state index is 0.702. The molecule has 0 saturated carbocycles. The maximum atomic E-state index is 7.09. The number of nitrogens with zero attached hydrogens (tertiary/aromatic N) is 4. The molecular weight excluding hydrogens is 865 g/mol. The van der Waals surface area contributed by atoms with Gasteiger partial charge >= 0.3 is 0 Å². The van der Waals surface area contributed by atoms with Crippen molar-refractivity contribution in [2.24, 2.45) is 0 Å². The van der Waals surface area contributed by atoms with E-state index in [4.69, 9.17) is 19.7 Å². The van der Waals surface area contributed by atoms with Crippen molar-refractivity contribution >= 4 is 38.7 Å². The summed E-state index contributed by atoms with van der Waals surface area (Å²) in [5.41, 5.74) is 20.9. The molecule has 12 aromatic rings. The van der Waals surface area contributed by atoms with Crippen molar-refractivity contribution in [1.29, 1.82) is 0 Å². The number of ether oxygens (including phenoxy) is 1. The van der Waals surface area contributed by atoms with Crippen molar-refractivity contribution in [3.63, 3.8) is 0 Å². The first kappa shape index (κ1) is 39.5. The minimum atomic E-state index is -0.702. The third-order valence-corrected chi connectivity index (χ3v) is 14.9. The Balaban J connectivity index is 0.918. The number of rotatable bonds is 5. The summed E-state index contributed by atoms with van der Waals surface area (Å²) in [5.74, 6) is 1.66. The normalized spacial score (nSPS) is 14.6. The smallest absolute Gasteiger partial charge is 0.159 e. The van der Waals surface area contributed by atoms with Crippen LogP contribution in [0.25, 0.3) is 88.7 Å². The minimum Gasteiger partial charge on any atom is -0.452 e. The molecular formula is C66H40N4O. The summed E-state index contributed by atoms with van der Waals surface area (Å²) < 4.78 is 7.09. The van der Waals surface area contributed by atoms with Gasteiger partial charge in [0.25, 0.3) is 0 Å². The Kier molecular flexibility index (Phi) is 8.51. The predicted molar refractivity (Wildman–Crippen MR) is 288 cm³/mol. The van der Waals surface area contributed by atoms with E-state index in [2.05, 4.69) is 217 Å². The third-order valence-electron chi connectivity index (χ3n) is 14.9. The molecule has 4 heterocycles. The number of para-hydroxylation sites is 4. The Labute approximate surface area is 410 Å². The number of anilines is 3. The molecule has 1 aliphatic heterocycles. The number of aromatic nitrogens is 3. The summed E-state index contributed by atoms with van der Waals surface area (Å²) in [6, 6.07) is 80.7. The van der Waals surface area contributed by atoms with Crippen molar-refractivity contribution in [3.05, 3.63) is 265 Å². The summed E-state index contributed by atoms with van der Waals surface area (Å²) in [5, 5.41) is 3.55. The van der Waals surface area contributed by atoms with Gasteiger partial charge in [-0.3, -0.25) is 15.0 Å². The highest BCUT2D eigenvalue weighted by Crippen LogP contribution is 2.66. The molecule has 330 valence electrons. The summed E-state index contributed by atoms with van der Waals surface area (Å²) in [7, 11) is 0. The molecule has 0 saturated heterocycles. The van der Waals surface area contributed by atoms with Crippen LogP contribution in [0.4, 0.5) is 17.1 Å². The highest BCUT2D eigenvalue weighted by atomic mass is 16.5. The zero-order valence-corrected chi connectivity index (χ0v) is 38.3. The van der Waals surface area contributed by atoms with Crippen molar-refractivity contribution in [3.8, 4) is 78.5 Å². The molecule has 0 amide bonds. The van der Waals surface area contributed by atoms with Gasteiger partial charge in [-0.1, -0.05) is 152 Å². The van der Waals surface area contributed by atoms with Gasteiger partial charge in [0.15, 0.2) is 11.5 Å². The summed E-state index contributed by atoms with van der Waals surface area (Å²) >= 11 is 0. The van der Waals surface area contributed by atoms with E-state index < -0.39 is 5.41 Å². The van der Waals surface area contributed by atoms with E-state index in [9.17, 15) is 0 Å². The maximum absolute atomic E-state index is 7.09. The fourth-order valence-electron chi connectivity index (χ4n) is 11.9. The van der Waals surface area contributed by atoms with Gasteiger partial charge in [-0.2, -0.15) is 0 Å². The standard InChI is InChI=1S/C66H40N4O/c1-2-21-49(22-3-1)70-58-29-8-9-30-60(58)71-65-59(70)32-31-55-61(65)53-24-6-7-27-54(53)66(55)56-28-14-34-68-63(56)64-57(66)39-48(40-69-64)44-19-10-18-43(35-44)45-36-46(51-25-11-16-41-15-4-5-23-50(41)51)38-47(37-45)52-26-12-17-42-20-13-33-67-62(42)52/h1-40H. The van der Waals surface area contributed by atoms with Crippen LogP contribution < -0.4 is 9.64 Å². The Morgan fingerprint density at radius 1 is 0.380 bits per heavy atom. The van der Waals surface area contributed by atoms with Gasteiger partial charge in [0.05, 0.1) is 33.7 Å². The summed E-state index contributed by atoms with van der Waals surface area (Å²) in [6.07, 6.45) is 5.81. The number of hydrogen-bond acceptors (Lipinski definition) is 5. The molecule has 3 aromatic heterocycles. The number of pyridine rings is 3. The van der Waals surface area contributed by atoms with Crippen molar-refractivity contribution in [1.82, 2.24) is 15.0 Å². The van der Waals surface area contributed by atoms with Gasteiger partial charge < -0.3 is 9.64 Å². The Morgan fingerprint density at radius 2 is 1.03 bits per heavy atom. The van der Waals surface area contributed by atoms with E-state index in [-0.39, 0.29) is 0 Å². The van der Waals surface area contributed by atoms with Crippen LogP contribution in [0.3, 0.4) is 0 Å². The first-order valence-electron chi connectivity index (χ1n) is 24.1. The topological polar surface area (TPSA) is 51.1 Å². The molecule has 0 N–H and O–H groups in total. The molecule has 0 fully saturated rings. The van der Waals surface area contributed by atoms with Crippen LogP contribution in [-0.2, 0) is 5.41 Å². The molecule has 71 heavy (non-hydrogen) atoms. The van der Waals surface area contributed by atoms with Crippen molar-refractivity contribution in [2.45, 2.75) is 5.41 Å². The zero-order chi connectivity index (χ0) is 46.6. The molecule has 5 heteroatoms. The van der Waals surface area contributed by atoms with Crippen molar-refractivity contribution < 1.29 is 4.74 Å². The van der Waals surface area contributed by atoms with Gasteiger partial charge in [-0.15, -0.1) is 0 Å². The van der Waals surface area contributed by atoms with Gasteiger partial charge in [-0.05, 0) is 139 Å². The highest BCUT2D eigenvalue weighted by molar-refractivity contribution is 6.03. The second-order valence-electron chi connectivity index (χ2n) is 18.7. The lowest BCUT2D eigenvalue weighted by molar-refractivity contribution is 0.478. The van der Waals surface area contributed by atoms with Gasteiger partial charge in [0.2, 0.25) is 0 Å². The average Bonchev–Trinajstić information content (AvgIpc) is 3.92. The van der Waals surface area contributed by atoms with E-state index in [1.54, 1.807) is 0 Å². The lowest BCUT2D eigenvalue weighted by Crippen LogP contribution is -2.26. The van der Waals surface area contributed by atoms with Crippen LogP contribution >= 0.6 is 0 Å². The van der Waals surface area contributed by atoms with Gasteiger partial charge in [-0.25, -0.2) is 0 Å². The first-order valence-corrected chi connectivity index (χ1v) is 24.1. The molecule has 3 aliphatic rings. The Hall–Kier alpha value is -9.45. The fourth-order valence-corrected chi connectivity index (χ4v) is 11.9. The molecule has 1 atom stereocenters. The average molecular weight is 905 g/mol. The van der Waals surface area contributed by atoms with E-state index >= 15 is 0 Å². The van der Waals surface area contributed by atoms with Gasteiger partial charge in [0.1, 0.15) is 0 Å². The quantitative estimate of drug-likeness (QED) is 0.172. The van der Waals surface area contributed by atoms with E-state index in [1.165, 1.54) is 21.9 Å². The predicted octanol–water partition coefficient (Wildman–Crippen LogP) is 16.8. The molecule has 1 unspecified atom stereocenters. The largest absolute Gasteiger partial charge is 0.452 e. The fraction of sp³-hybridized carbons (Fsp3) is 0.0152. The number of benzene rings is 9. The molecule has 5 nitrogen and oxygen atoms in total. The molecule has 0 radical (unpaired) electrons. The van der Waals surface area contributed by atoms with Crippen LogP contribution in [0, 0.1) is 0 Å². The van der Waals surface area contributed by atoms with E-state index in [0.29, 0.717) is 0 Å². The summed E-state index contributed by atoms with van der Waals surface area (Å²) in [6.45, 7) is 0. The van der Waals surface area contributed by atoms with Crippen LogP contribution in [0.2, 0.25) is 0 Å². The third kappa shape index (κ3) is 5.78. The zero-order valence-electron chi connectivity index (χ0n) is 38.3. The second-order valence-corrected chi connectivity index (χ2v) is 18.7. The highest BCUT2D eigenvalue weighted by Gasteiger charge is 2.54. The van der Waals surface area contributed by atoms with Gasteiger partial charge in [0, 0.05) is 51.9 Å². The van der Waals surface area contributed by atoms with Crippen LogP contribution in [0.5, 0.6) is 11.5 Å². The second kappa shape index (κ2) is 15.3. The lowest BCUT2D eigenvalue weighted by atomic mass is 9.70. The number of hydrogen-bond donors (Lipinski definition) is 0. The Bertz CT molecular complexity index is 4070. The van der Waals surface area contributed by atoms with Crippen LogP contribution in [0.15, 0.2) is 243 Å². The SMILES string of the molecule is c1ccc(N2c3ccccc3Oc3c2ccc2c3-c3ccccc3C23c2cccnc2-c2ncc(-c4cccc(-c5cc(-c6cccc7ccccc67)cc(-c6cccc7cccnc67)c5)c4)cc23)cc1. The monoisotopic (exact) mass is 904 g/mol. The number of fused-ring (bicyclic) bond motifs is 15. The molecule has 1 spiro atoms. The molecule has 9 aromatic carbocycles. The lowest BCUT2D eigenvalue weighted by Gasteiger charge is -2.35. The van der Waals surface area contributed by atoms with Crippen LogP contribution in [-0.4, -0.2) is 15.0 Å². The van der Waals surface area contributed by atoms with Crippen molar-refractivity contribution in [2.75, 3.05) is 4.90 Å². The molecule has 15 rings (SSSR count). The first-order chi connectivity index (χ1) is 35.2.